The molecular weight excluding hydrogens is 325 g/mol. The van der Waals surface area contributed by atoms with Crippen LogP contribution in [0.4, 0.5) is 0 Å². The third-order valence-corrected chi connectivity index (χ3v) is 3.51. The summed E-state index contributed by atoms with van der Waals surface area (Å²) in [5.74, 6) is -0.733. The van der Waals surface area contributed by atoms with Crippen LogP contribution in [0, 0.1) is 0 Å². The number of carbonyl (C=O) groups is 2. The van der Waals surface area contributed by atoms with Crippen LogP contribution in [0.15, 0.2) is 18.2 Å². The zero-order valence-electron chi connectivity index (χ0n) is 15.2. The second-order valence-corrected chi connectivity index (χ2v) is 5.03. The van der Waals surface area contributed by atoms with Gasteiger partial charge in [-0.15, -0.1) is 0 Å². The number of amides is 1. The molecule has 1 aromatic rings. The Labute approximate surface area is 150 Å². The van der Waals surface area contributed by atoms with Crippen LogP contribution in [0.5, 0.6) is 5.75 Å². The highest BCUT2D eigenvalue weighted by Crippen LogP contribution is 2.31. The van der Waals surface area contributed by atoms with Gasteiger partial charge in [-0.25, -0.2) is 4.79 Å². The number of hydrogen-bond acceptors (Lipinski definition) is 6. The van der Waals surface area contributed by atoms with Crippen molar-refractivity contribution in [3.63, 3.8) is 0 Å². The normalized spacial score (nSPS) is 15.2. The fraction of sp³-hybridized carbons (Fsp3) is 0.529. The van der Waals surface area contributed by atoms with E-state index in [0.29, 0.717) is 25.2 Å². The minimum atomic E-state index is -0.702. The number of benzene rings is 1. The summed E-state index contributed by atoms with van der Waals surface area (Å²) in [5.41, 5.74) is 0.997. The second kappa shape index (κ2) is 10.7. The lowest BCUT2D eigenvalue weighted by atomic mass is 9.71. The van der Waals surface area contributed by atoms with Crippen molar-refractivity contribution in [3.05, 3.63) is 29.3 Å². The van der Waals surface area contributed by atoms with E-state index >= 15 is 0 Å². The van der Waals surface area contributed by atoms with Crippen LogP contribution in [0.2, 0.25) is 0 Å². The number of rotatable bonds is 6. The molecule has 8 heteroatoms. The summed E-state index contributed by atoms with van der Waals surface area (Å²) in [6.45, 7) is 7.30. The summed E-state index contributed by atoms with van der Waals surface area (Å²) in [4.78, 5) is 23.6. The molecule has 0 spiro atoms. The lowest BCUT2D eigenvalue weighted by molar-refractivity contribution is -0.121. The summed E-state index contributed by atoms with van der Waals surface area (Å²) >= 11 is 0. The summed E-state index contributed by atoms with van der Waals surface area (Å²) in [6.07, 6.45) is 0.844. The first kappa shape index (κ1) is 21.0. The van der Waals surface area contributed by atoms with E-state index in [4.69, 9.17) is 14.4 Å². The zero-order chi connectivity index (χ0) is 18.8. The molecule has 140 valence electrons. The lowest BCUT2D eigenvalue weighted by Gasteiger charge is -2.31. The Balaban J connectivity index is 0.00000201. The Morgan fingerprint density at radius 3 is 2.72 bits per heavy atom. The van der Waals surface area contributed by atoms with Gasteiger partial charge in [0, 0.05) is 14.5 Å². The first-order chi connectivity index (χ1) is 12.1. The second-order valence-electron chi connectivity index (χ2n) is 5.03. The van der Waals surface area contributed by atoms with Gasteiger partial charge in [-0.3, -0.25) is 4.79 Å². The zero-order valence-corrected chi connectivity index (χ0v) is 15.2. The SMILES string of the molecule is CC.CCOB1Oc2c(cccc2C(=O)OCO)C[C@@H]1NC(=O)CC.[HH]. The Bertz CT molecular complexity index is 586. The minimum absolute atomic E-state index is 0. The number of esters is 1. The monoisotopic (exact) mass is 353 g/mol. The molecule has 7 nitrogen and oxygen atoms in total. The van der Waals surface area contributed by atoms with Crippen molar-refractivity contribution < 1.29 is 30.2 Å². The number of nitrogens with one attached hydrogen (secondary N) is 1. The lowest BCUT2D eigenvalue weighted by Crippen LogP contribution is -2.54. The van der Waals surface area contributed by atoms with E-state index in [-0.39, 0.29) is 18.8 Å². The van der Waals surface area contributed by atoms with Crippen LogP contribution in [-0.2, 0) is 20.6 Å². The molecule has 1 atom stereocenters. The van der Waals surface area contributed by atoms with Gasteiger partial charge in [0.05, 0.1) is 5.94 Å². The van der Waals surface area contributed by atoms with Crippen molar-refractivity contribution in [2.75, 3.05) is 13.4 Å². The molecule has 0 aliphatic carbocycles. The number of carbonyl (C=O) groups excluding carboxylic acids is 2. The average Bonchev–Trinajstić information content (AvgIpc) is 2.63. The molecule has 0 saturated heterocycles. The molecule has 1 amide bonds. The van der Waals surface area contributed by atoms with Gasteiger partial charge in [-0.1, -0.05) is 32.9 Å². The maximum absolute atomic E-state index is 11.9. The summed E-state index contributed by atoms with van der Waals surface area (Å²) in [6, 6.07) is 5.08. The van der Waals surface area contributed by atoms with E-state index in [1.165, 1.54) is 0 Å². The fourth-order valence-electron chi connectivity index (χ4n) is 2.46. The molecule has 25 heavy (non-hydrogen) atoms. The van der Waals surface area contributed by atoms with Gasteiger partial charge in [0.15, 0.2) is 6.79 Å². The number of aliphatic hydroxyl groups excluding tert-OH is 1. The van der Waals surface area contributed by atoms with Gasteiger partial charge in [0.25, 0.3) is 0 Å². The number of para-hydroxylation sites is 1. The van der Waals surface area contributed by atoms with E-state index in [2.05, 4.69) is 10.1 Å². The van der Waals surface area contributed by atoms with E-state index < -0.39 is 19.9 Å². The fourth-order valence-corrected chi connectivity index (χ4v) is 2.46. The summed E-state index contributed by atoms with van der Waals surface area (Å²) in [5, 5.41) is 11.6. The highest BCUT2D eigenvalue weighted by atomic mass is 16.6. The third kappa shape index (κ3) is 5.47. The number of fused-ring (bicyclic) bond motifs is 1. The van der Waals surface area contributed by atoms with Gasteiger partial charge in [-0.2, -0.15) is 0 Å². The maximum atomic E-state index is 11.9. The Kier molecular flexibility index (Phi) is 9.01. The van der Waals surface area contributed by atoms with Crippen LogP contribution in [-0.4, -0.2) is 43.4 Å². The van der Waals surface area contributed by atoms with Crippen molar-refractivity contribution in [1.82, 2.24) is 5.32 Å². The number of ether oxygens (including phenoxy) is 1. The molecule has 0 aromatic heterocycles. The van der Waals surface area contributed by atoms with Crippen molar-refractivity contribution in [3.8, 4) is 5.75 Å². The van der Waals surface area contributed by atoms with E-state index in [1.54, 1.807) is 19.1 Å². The van der Waals surface area contributed by atoms with Gasteiger partial charge >= 0.3 is 13.1 Å². The molecule has 2 rings (SSSR count). The smallest absolute Gasteiger partial charge is 0.534 e. The maximum Gasteiger partial charge on any atom is 0.549 e. The highest BCUT2D eigenvalue weighted by molar-refractivity contribution is 6.48. The van der Waals surface area contributed by atoms with Gasteiger partial charge in [0.1, 0.15) is 11.3 Å². The van der Waals surface area contributed by atoms with Crippen LogP contribution in [0.1, 0.15) is 51.5 Å². The van der Waals surface area contributed by atoms with E-state index in [0.717, 1.165) is 5.56 Å². The predicted octanol–water partition coefficient (Wildman–Crippen LogP) is 1.96. The molecule has 1 aliphatic heterocycles. The molecule has 0 fully saturated rings. The summed E-state index contributed by atoms with van der Waals surface area (Å²) < 4.78 is 16.0. The predicted molar refractivity (Wildman–Crippen MR) is 96.3 cm³/mol. The quantitative estimate of drug-likeness (QED) is 0.461. The average molecular weight is 353 g/mol. The van der Waals surface area contributed by atoms with E-state index in [1.807, 2.05) is 26.8 Å². The Morgan fingerprint density at radius 2 is 2.12 bits per heavy atom. The first-order valence-corrected chi connectivity index (χ1v) is 8.58. The topological polar surface area (TPSA) is 94.1 Å². The van der Waals surface area contributed by atoms with E-state index in [9.17, 15) is 9.59 Å². The van der Waals surface area contributed by atoms with Crippen molar-refractivity contribution in [2.24, 2.45) is 0 Å². The molecule has 1 aliphatic rings. The van der Waals surface area contributed by atoms with Crippen LogP contribution in [0.3, 0.4) is 0 Å². The largest absolute Gasteiger partial charge is 0.549 e. The van der Waals surface area contributed by atoms with Gasteiger partial charge < -0.3 is 24.5 Å². The van der Waals surface area contributed by atoms with Crippen LogP contribution >= 0.6 is 0 Å². The number of aliphatic hydroxyl groups is 1. The molecule has 1 aromatic carbocycles. The highest BCUT2D eigenvalue weighted by Gasteiger charge is 2.39. The molecule has 0 unspecified atom stereocenters. The number of hydrogen-bond donors (Lipinski definition) is 2. The van der Waals surface area contributed by atoms with Crippen molar-refractivity contribution in [1.29, 1.82) is 0 Å². The third-order valence-electron chi connectivity index (χ3n) is 3.51. The minimum Gasteiger partial charge on any atom is -0.534 e. The van der Waals surface area contributed by atoms with Crippen molar-refractivity contribution >= 4 is 19.0 Å². The van der Waals surface area contributed by atoms with Gasteiger partial charge in [0.2, 0.25) is 5.91 Å². The summed E-state index contributed by atoms with van der Waals surface area (Å²) in [7, 11) is -0.689. The standard InChI is InChI=1S/C15H20BNO6.C2H6.H2/c1-3-13(19)17-12-8-10-6-5-7-11(15(20)21-9-18)14(10)23-16(12)22-4-2;1-2;/h5-7,12,18H,3-4,8-9H2,1-2H3,(H,17,19);1-2H3;1H/t12-;;/m0../s1. The Morgan fingerprint density at radius 1 is 1.40 bits per heavy atom. The molecular formula is C17H28BNO6. The van der Waals surface area contributed by atoms with Crippen LogP contribution < -0.4 is 9.97 Å². The Hall–Kier alpha value is -2.06. The molecule has 0 saturated carbocycles. The van der Waals surface area contributed by atoms with Gasteiger partial charge in [-0.05, 0) is 25.0 Å². The molecule has 2 N–H and O–H groups in total. The van der Waals surface area contributed by atoms with Crippen LogP contribution in [0.25, 0.3) is 0 Å². The molecule has 1 heterocycles. The molecule has 0 bridgehead atoms. The first-order valence-electron chi connectivity index (χ1n) is 8.58. The molecule has 0 radical (unpaired) electrons. The van der Waals surface area contributed by atoms with Crippen molar-refractivity contribution in [2.45, 2.75) is 46.5 Å².